The Kier molecular flexibility index (Phi) is 2.86. The molecule has 0 bridgehead atoms. The third kappa shape index (κ3) is 2.14. The Hall–Kier alpha value is -1.50. The zero-order valence-electron chi connectivity index (χ0n) is 8.92. The maximum atomic E-state index is 12.9. The average molecular weight is 247 g/mol. The fraction of sp³-hybridized carbons (Fsp3) is 0.500. The molecule has 4 N–H and O–H groups in total. The molecule has 94 valence electrons. The van der Waals surface area contributed by atoms with Crippen LogP contribution in [-0.4, -0.2) is 18.2 Å². The van der Waals surface area contributed by atoms with E-state index in [-0.39, 0.29) is 23.8 Å². The molecule has 1 unspecified atom stereocenters. The minimum Gasteiger partial charge on any atom is -0.397 e. The number of hydrogen-bond donors (Lipinski definition) is 2. The number of halogens is 3. The number of anilines is 2. The van der Waals surface area contributed by atoms with E-state index in [2.05, 4.69) is 4.98 Å². The summed E-state index contributed by atoms with van der Waals surface area (Å²) in [7, 11) is 0. The second-order valence-corrected chi connectivity index (χ2v) is 3.95. The molecule has 0 amide bonds. The number of rotatable bonds is 1. The Bertz CT molecular complexity index is 428. The SMILES string of the molecule is Nc1cnc(N)c(C(F)(F)F)c1C1CCOC1. The van der Waals surface area contributed by atoms with Gasteiger partial charge in [-0.3, -0.25) is 0 Å². The number of ether oxygens (including phenoxy) is 1. The zero-order chi connectivity index (χ0) is 12.6. The number of pyridine rings is 1. The first kappa shape index (κ1) is 12.0. The van der Waals surface area contributed by atoms with E-state index in [4.69, 9.17) is 16.2 Å². The lowest BCUT2D eigenvalue weighted by molar-refractivity contribution is -0.137. The summed E-state index contributed by atoms with van der Waals surface area (Å²) >= 11 is 0. The quantitative estimate of drug-likeness (QED) is 0.793. The smallest absolute Gasteiger partial charge is 0.397 e. The molecule has 2 heterocycles. The van der Waals surface area contributed by atoms with Crippen LogP contribution in [0.4, 0.5) is 24.7 Å². The molecule has 4 nitrogen and oxygen atoms in total. The molecule has 1 saturated heterocycles. The van der Waals surface area contributed by atoms with E-state index in [1.165, 1.54) is 0 Å². The fourth-order valence-electron chi connectivity index (χ4n) is 2.06. The highest BCUT2D eigenvalue weighted by Crippen LogP contribution is 2.42. The van der Waals surface area contributed by atoms with E-state index in [0.717, 1.165) is 6.20 Å². The number of nitrogens with zero attached hydrogens (tertiary/aromatic N) is 1. The molecule has 0 spiro atoms. The number of nitrogens with two attached hydrogens (primary N) is 2. The Morgan fingerprint density at radius 3 is 2.59 bits per heavy atom. The molecule has 0 aliphatic carbocycles. The number of hydrogen-bond acceptors (Lipinski definition) is 4. The average Bonchev–Trinajstić information content (AvgIpc) is 2.72. The van der Waals surface area contributed by atoms with Crippen LogP contribution >= 0.6 is 0 Å². The molecule has 0 saturated carbocycles. The predicted octanol–water partition coefficient (Wildman–Crippen LogP) is 1.77. The van der Waals surface area contributed by atoms with Gasteiger partial charge in [-0.15, -0.1) is 0 Å². The molecule has 1 fully saturated rings. The van der Waals surface area contributed by atoms with E-state index in [1.54, 1.807) is 0 Å². The van der Waals surface area contributed by atoms with Crippen molar-refractivity contribution >= 4 is 11.5 Å². The van der Waals surface area contributed by atoms with Crippen molar-refractivity contribution in [2.75, 3.05) is 24.7 Å². The van der Waals surface area contributed by atoms with E-state index < -0.39 is 17.6 Å². The molecule has 0 aromatic carbocycles. The third-order valence-corrected chi connectivity index (χ3v) is 2.80. The highest BCUT2D eigenvalue weighted by atomic mass is 19.4. The highest BCUT2D eigenvalue weighted by Gasteiger charge is 2.40. The monoisotopic (exact) mass is 247 g/mol. The first-order valence-corrected chi connectivity index (χ1v) is 5.10. The van der Waals surface area contributed by atoms with Crippen LogP contribution in [0.15, 0.2) is 6.20 Å². The van der Waals surface area contributed by atoms with Gasteiger partial charge in [0.1, 0.15) is 11.4 Å². The summed E-state index contributed by atoms with van der Waals surface area (Å²) in [5, 5.41) is 0. The molecule has 17 heavy (non-hydrogen) atoms. The summed E-state index contributed by atoms with van der Waals surface area (Å²) in [6, 6.07) is 0. The Morgan fingerprint density at radius 1 is 1.35 bits per heavy atom. The lowest BCUT2D eigenvalue weighted by atomic mass is 9.92. The lowest BCUT2D eigenvalue weighted by Gasteiger charge is -2.19. The van der Waals surface area contributed by atoms with Crippen LogP contribution in [0.5, 0.6) is 0 Å². The third-order valence-electron chi connectivity index (χ3n) is 2.80. The van der Waals surface area contributed by atoms with Gasteiger partial charge < -0.3 is 16.2 Å². The number of nitrogen functional groups attached to an aromatic ring is 2. The van der Waals surface area contributed by atoms with Crippen molar-refractivity contribution in [1.82, 2.24) is 4.98 Å². The molecule has 2 rings (SSSR count). The lowest BCUT2D eigenvalue weighted by Crippen LogP contribution is -2.18. The fourth-order valence-corrected chi connectivity index (χ4v) is 2.06. The van der Waals surface area contributed by atoms with E-state index in [9.17, 15) is 13.2 Å². The second kappa shape index (κ2) is 4.06. The summed E-state index contributed by atoms with van der Waals surface area (Å²) in [6.07, 6.45) is -2.88. The molecular formula is C10H12F3N3O. The molecule has 1 atom stereocenters. The number of aromatic nitrogens is 1. The second-order valence-electron chi connectivity index (χ2n) is 3.95. The van der Waals surface area contributed by atoms with E-state index >= 15 is 0 Å². The van der Waals surface area contributed by atoms with Gasteiger partial charge in [0.25, 0.3) is 0 Å². The maximum Gasteiger partial charge on any atom is 0.420 e. The Morgan fingerprint density at radius 2 is 2.06 bits per heavy atom. The van der Waals surface area contributed by atoms with Gasteiger partial charge in [0.2, 0.25) is 0 Å². The van der Waals surface area contributed by atoms with Gasteiger partial charge >= 0.3 is 6.18 Å². The van der Waals surface area contributed by atoms with Gasteiger partial charge in [-0.05, 0) is 12.0 Å². The molecule has 1 aromatic heterocycles. The van der Waals surface area contributed by atoms with Crippen molar-refractivity contribution in [3.63, 3.8) is 0 Å². The van der Waals surface area contributed by atoms with Gasteiger partial charge in [-0.25, -0.2) is 4.98 Å². The molecule has 1 aliphatic rings. The van der Waals surface area contributed by atoms with Crippen molar-refractivity contribution in [2.24, 2.45) is 0 Å². The molecular weight excluding hydrogens is 235 g/mol. The first-order valence-electron chi connectivity index (χ1n) is 5.10. The van der Waals surface area contributed by atoms with Crippen molar-refractivity contribution in [1.29, 1.82) is 0 Å². The first-order chi connectivity index (χ1) is 7.91. The number of alkyl halides is 3. The van der Waals surface area contributed by atoms with Crippen LogP contribution in [0.25, 0.3) is 0 Å². The summed E-state index contributed by atoms with van der Waals surface area (Å²) < 4.78 is 43.9. The van der Waals surface area contributed by atoms with Crippen molar-refractivity contribution in [3.05, 3.63) is 17.3 Å². The summed E-state index contributed by atoms with van der Waals surface area (Å²) in [4.78, 5) is 3.47. The van der Waals surface area contributed by atoms with Crippen molar-refractivity contribution in [2.45, 2.75) is 18.5 Å². The Balaban J connectivity index is 2.58. The summed E-state index contributed by atoms with van der Waals surface area (Å²) in [5.41, 5.74) is 10.0. The van der Waals surface area contributed by atoms with Crippen LogP contribution in [0, 0.1) is 0 Å². The van der Waals surface area contributed by atoms with Gasteiger partial charge in [-0.2, -0.15) is 13.2 Å². The molecule has 7 heteroatoms. The zero-order valence-corrected chi connectivity index (χ0v) is 8.92. The topological polar surface area (TPSA) is 74.2 Å². The minimum absolute atomic E-state index is 0.0158. The molecule has 1 aromatic rings. The van der Waals surface area contributed by atoms with Crippen LogP contribution in [0.1, 0.15) is 23.5 Å². The summed E-state index contributed by atoms with van der Waals surface area (Å²) in [5.74, 6) is -0.898. The normalized spacial score (nSPS) is 20.8. The van der Waals surface area contributed by atoms with Crippen molar-refractivity contribution < 1.29 is 17.9 Å². The van der Waals surface area contributed by atoms with E-state index in [1.807, 2.05) is 0 Å². The molecule has 1 aliphatic heterocycles. The van der Waals surface area contributed by atoms with Crippen LogP contribution in [-0.2, 0) is 10.9 Å². The van der Waals surface area contributed by atoms with Crippen molar-refractivity contribution in [3.8, 4) is 0 Å². The maximum absolute atomic E-state index is 12.9. The van der Waals surface area contributed by atoms with Gasteiger partial charge in [0.05, 0.1) is 18.5 Å². The van der Waals surface area contributed by atoms with Gasteiger partial charge in [-0.1, -0.05) is 0 Å². The molecule has 0 radical (unpaired) electrons. The predicted molar refractivity (Wildman–Crippen MR) is 56.2 cm³/mol. The largest absolute Gasteiger partial charge is 0.420 e. The Labute approximate surface area is 95.8 Å². The van der Waals surface area contributed by atoms with Crippen LogP contribution in [0.2, 0.25) is 0 Å². The minimum atomic E-state index is -4.55. The standard InChI is InChI=1S/C10H12F3N3O/c11-10(12,13)8-7(5-1-2-17-4-5)6(14)3-16-9(8)15/h3,5H,1-2,4,14H2,(H2,15,16). The van der Waals surface area contributed by atoms with Gasteiger partial charge in [0, 0.05) is 12.5 Å². The van der Waals surface area contributed by atoms with E-state index in [0.29, 0.717) is 13.0 Å². The summed E-state index contributed by atoms with van der Waals surface area (Å²) in [6.45, 7) is 0.667. The van der Waals surface area contributed by atoms with Gasteiger partial charge in [0.15, 0.2) is 0 Å². The van der Waals surface area contributed by atoms with Crippen LogP contribution in [0.3, 0.4) is 0 Å². The van der Waals surface area contributed by atoms with Crippen LogP contribution < -0.4 is 11.5 Å². The highest BCUT2D eigenvalue weighted by molar-refractivity contribution is 5.60.